The molecule has 98 valence electrons. The Morgan fingerprint density at radius 2 is 1.94 bits per heavy atom. The maximum atomic E-state index is 5.88. The fourth-order valence-electron chi connectivity index (χ4n) is 1.11. The molecule has 4 heteroatoms. The van der Waals surface area contributed by atoms with Gasteiger partial charge in [0.25, 0.3) is 0 Å². The van der Waals surface area contributed by atoms with Crippen LogP contribution in [0.4, 0.5) is 0 Å². The number of nitrogens with zero attached hydrogens (tertiary/aromatic N) is 1. The molecule has 0 aromatic carbocycles. The Morgan fingerprint density at radius 1 is 1.31 bits per heavy atom. The Kier molecular flexibility index (Phi) is 7.93. The Hall–Kier alpha value is -0.160. The van der Waals surface area contributed by atoms with Crippen LogP contribution in [0.15, 0.2) is 0 Å². The van der Waals surface area contributed by atoms with Crippen molar-refractivity contribution < 1.29 is 9.47 Å². The second-order valence-corrected chi connectivity index (χ2v) is 4.90. The van der Waals surface area contributed by atoms with Crippen LogP contribution in [0.3, 0.4) is 0 Å². The van der Waals surface area contributed by atoms with Gasteiger partial charge in [0.15, 0.2) is 0 Å². The fraction of sp³-hybridized carbons (Fsp3) is 1.00. The molecule has 0 aromatic heterocycles. The van der Waals surface area contributed by atoms with Crippen molar-refractivity contribution >= 4 is 0 Å². The lowest BCUT2D eigenvalue weighted by molar-refractivity contribution is -0.0411. The summed E-state index contributed by atoms with van der Waals surface area (Å²) in [5, 5.41) is 3.28. The number of nitrogens with one attached hydrogen (secondary N) is 1. The predicted octanol–water partition coefficient (Wildman–Crippen LogP) is 0.968. The average Bonchev–Trinajstić information content (AvgIpc) is 2.22. The summed E-state index contributed by atoms with van der Waals surface area (Å²) in [4.78, 5) is 2.17. The first kappa shape index (κ1) is 15.8. The molecule has 0 fully saturated rings. The summed E-state index contributed by atoms with van der Waals surface area (Å²) in [5.74, 6) is 0. The predicted molar refractivity (Wildman–Crippen MR) is 67.9 cm³/mol. The molecule has 0 aromatic rings. The summed E-state index contributed by atoms with van der Waals surface area (Å²) >= 11 is 0. The monoisotopic (exact) mass is 232 g/mol. The Bertz CT molecular complexity index is 172. The minimum absolute atomic E-state index is 0.0538. The van der Waals surface area contributed by atoms with Gasteiger partial charge in [-0.25, -0.2) is 0 Å². The van der Waals surface area contributed by atoms with Gasteiger partial charge < -0.3 is 19.7 Å². The minimum atomic E-state index is 0.0538. The zero-order valence-electron chi connectivity index (χ0n) is 11.7. The summed E-state index contributed by atoms with van der Waals surface area (Å²) in [7, 11) is 5.84. The van der Waals surface area contributed by atoms with Crippen LogP contribution in [-0.4, -0.2) is 64.1 Å². The molecule has 4 nitrogen and oxygen atoms in total. The van der Waals surface area contributed by atoms with Crippen LogP contribution in [-0.2, 0) is 9.47 Å². The van der Waals surface area contributed by atoms with E-state index in [9.17, 15) is 0 Å². The van der Waals surface area contributed by atoms with E-state index in [0.29, 0.717) is 13.2 Å². The molecule has 0 rings (SSSR count). The molecule has 0 radical (unpaired) electrons. The van der Waals surface area contributed by atoms with Crippen molar-refractivity contribution in [2.45, 2.75) is 32.4 Å². The molecule has 0 saturated heterocycles. The van der Waals surface area contributed by atoms with Crippen molar-refractivity contribution in [1.82, 2.24) is 10.2 Å². The maximum Gasteiger partial charge on any atom is 0.0933 e. The van der Waals surface area contributed by atoms with Crippen molar-refractivity contribution in [3.63, 3.8) is 0 Å². The molecule has 16 heavy (non-hydrogen) atoms. The lowest BCUT2D eigenvalue weighted by Gasteiger charge is -2.33. The van der Waals surface area contributed by atoms with E-state index in [1.54, 1.807) is 7.11 Å². The molecule has 0 bridgehead atoms. The molecule has 0 aliphatic heterocycles. The van der Waals surface area contributed by atoms with E-state index in [-0.39, 0.29) is 11.6 Å². The molecule has 0 aliphatic carbocycles. The molecule has 1 unspecified atom stereocenters. The highest BCUT2D eigenvalue weighted by atomic mass is 16.5. The lowest BCUT2D eigenvalue weighted by Crippen LogP contribution is -2.45. The first-order valence-corrected chi connectivity index (χ1v) is 5.92. The smallest absolute Gasteiger partial charge is 0.0933 e. The maximum absolute atomic E-state index is 5.88. The Morgan fingerprint density at radius 3 is 2.38 bits per heavy atom. The minimum Gasteiger partial charge on any atom is -0.382 e. The zero-order valence-corrected chi connectivity index (χ0v) is 11.7. The van der Waals surface area contributed by atoms with E-state index >= 15 is 0 Å². The molecule has 0 amide bonds. The van der Waals surface area contributed by atoms with Gasteiger partial charge in [0, 0.05) is 19.2 Å². The fourth-order valence-corrected chi connectivity index (χ4v) is 1.11. The molecule has 0 spiro atoms. The van der Waals surface area contributed by atoms with Gasteiger partial charge in [0.1, 0.15) is 0 Å². The quantitative estimate of drug-likeness (QED) is 0.642. The van der Waals surface area contributed by atoms with Gasteiger partial charge in [-0.1, -0.05) is 6.92 Å². The summed E-state index contributed by atoms with van der Waals surface area (Å²) in [5.41, 5.74) is 0.0538. The highest BCUT2D eigenvalue weighted by Gasteiger charge is 2.22. The first-order chi connectivity index (χ1) is 7.44. The van der Waals surface area contributed by atoms with Gasteiger partial charge in [-0.3, -0.25) is 0 Å². The van der Waals surface area contributed by atoms with Crippen LogP contribution >= 0.6 is 0 Å². The van der Waals surface area contributed by atoms with Gasteiger partial charge >= 0.3 is 0 Å². The van der Waals surface area contributed by atoms with Crippen molar-refractivity contribution in [2.75, 3.05) is 47.5 Å². The van der Waals surface area contributed by atoms with Gasteiger partial charge in [-0.15, -0.1) is 0 Å². The third-order valence-corrected chi connectivity index (χ3v) is 2.86. The number of hydrogen-bond acceptors (Lipinski definition) is 4. The molecule has 1 N–H and O–H groups in total. The van der Waals surface area contributed by atoms with Gasteiger partial charge in [0.2, 0.25) is 0 Å². The summed E-state index contributed by atoms with van der Waals surface area (Å²) < 4.78 is 11.0. The lowest BCUT2D eigenvalue weighted by atomic mass is 10.1. The molecule has 0 saturated carbocycles. The second kappa shape index (κ2) is 8.01. The van der Waals surface area contributed by atoms with Crippen LogP contribution in [0.1, 0.15) is 20.8 Å². The highest BCUT2D eigenvalue weighted by Crippen LogP contribution is 2.11. The number of likely N-dealkylation sites (N-methyl/N-ethyl adjacent to an activating group) is 2. The van der Waals surface area contributed by atoms with Gasteiger partial charge in [0.05, 0.1) is 19.3 Å². The van der Waals surface area contributed by atoms with Crippen LogP contribution in [0.25, 0.3) is 0 Å². The standard InChI is InChI=1S/C12H28N2O2/c1-7-13-8-11(9-15-6)16-10-12(2,3)14(4)5/h11,13H,7-10H2,1-6H3. The van der Waals surface area contributed by atoms with E-state index in [0.717, 1.165) is 13.1 Å². The Balaban J connectivity index is 3.99. The normalized spacial score (nSPS) is 14.4. The number of ether oxygens (including phenoxy) is 2. The summed E-state index contributed by atoms with van der Waals surface area (Å²) in [6.07, 6.45) is 0.129. The van der Waals surface area contributed by atoms with Crippen LogP contribution < -0.4 is 5.32 Å². The highest BCUT2D eigenvalue weighted by molar-refractivity contribution is 4.77. The summed E-state index contributed by atoms with van der Waals surface area (Å²) in [6, 6.07) is 0. The van der Waals surface area contributed by atoms with Crippen molar-refractivity contribution in [2.24, 2.45) is 0 Å². The van der Waals surface area contributed by atoms with Crippen molar-refractivity contribution in [1.29, 1.82) is 0 Å². The Labute approximate surface area is 100 Å². The van der Waals surface area contributed by atoms with Crippen LogP contribution in [0, 0.1) is 0 Å². The van der Waals surface area contributed by atoms with Gasteiger partial charge in [-0.2, -0.15) is 0 Å². The second-order valence-electron chi connectivity index (χ2n) is 4.90. The van der Waals surface area contributed by atoms with Crippen LogP contribution in [0.5, 0.6) is 0 Å². The molecular formula is C12H28N2O2. The van der Waals surface area contributed by atoms with E-state index < -0.39 is 0 Å². The van der Waals surface area contributed by atoms with Crippen molar-refractivity contribution in [3.8, 4) is 0 Å². The third-order valence-electron chi connectivity index (χ3n) is 2.86. The average molecular weight is 232 g/mol. The molecular weight excluding hydrogens is 204 g/mol. The first-order valence-electron chi connectivity index (χ1n) is 5.92. The largest absolute Gasteiger partial charge is 0.382 e. The van der Waals surface area contributed by atoms with E-state index in [1.807, 2.05) is 0 Å². The van der Waals surface area contributed by atoms with Crippen molar-refractivity contribution in [3.05, 3.63) is 0 Å². The molecule has 1 atom stereocenters. The van der Waals surface area contributed by atoms with Gasteiger partial charge in [-0.05, 0) is 34.5 Å². The van der Waals surface area contributed by atoms with E-state index in [2.05, 4.69) is 45.1 Å². The number of hydrogen-bond donors (Lipinski definition) is 1. The topological polar surface area (TPSA) is 33.7 Å². The van der Waals surface area contributed by atoms with E-state index in [1.165, 1.54) is 0 Å². The van der Waals surface area contributed by atoms with Crippen LogP contribution in [0.2, 0.25) is 0 Å². The molecule has 0 heterocycles. The SMILES string of the molecule is CCNCC(COC)OCC(C)(C)N(C)C. The molecule has 0 aliphatic rings. The van der Waals surface area contributed by atoms with E-state index in [4.69, 9.17) is 9.47 Å². The zero-order chi connectivity index (χ0) is 12.6. The summed E-state index contributed by atoms with van der Waals surface area (Å²) in [6.45, 7) is 9.58. The number of rotatable bonds is 9. The number of methoxy groups -OCH3 is 1. The third kappa shape index (κ3) is 6.43.